The topological polar surface area (TPSA) is 82.5 Å². The van der Waals surface area contributed by atoms with E-state index in [1.165, 1.54) is 22.3 Å². The SMILES string of the molecule is CC(C)c1ccc(NC(=O)N(Cc2nc(C(=O)O)cs2)C(C)C)cc1. The van der Waals surface area contributed by atoms with Crippen molar-refractivity contribution in [3.05, 3.63) is 45.9 Å². The van der Waals surface area contributed by atoms with Crippen molar-refractivity contribution >= 4 is 29.0 Å². The number of carboxylic acid groups (broad SMARTS) is 1. The number of nitrogens with zero attached hydrogens (tertiary/aromatic N) is 2. The molecule has 134 valence electrons. The number of carbonyl (C=O) groups excluding carboxylic acids is 1. The Hall–Kier alpha value is -2.41. The van der Waals surface area contributed by atoms with E-state index in [0.29, 0.717) is 10.9 Å². The second-order valence-electron chi connectivity index (χ2n) is 6.36. The summed E-state index contributed by atoms with van der Waals surface area (Å²) in [5.41, 5.74) is 1.95. The molecule has 7 heteroatoms. The zero-order valence-electron chi connectivity index (χ0n) is 14.8. The molecule has 2 aromatic rings. The number of amides is 2. The molecule has 0 saturated heterocycles. The lowest BCUT2D eigenvalue weighted by Gasteiger charge is -2.26. The number of hydrogen-bond donors (Lipinski definition) is 2. The fourth-order valence-corrected chi connectivity index (χ4v) is 3.03. The number of thiazole rings is 1. The third kappa shape index (κ3) is 5.03. The monoisotopic (exact) mass is 361 g/mol. The first-order valence-electron chi connectivity index (χ1n) is 8.13. The minimum Gasteiger partial charge on any atom is -0.476 e. The van der Waals surface area contributed by atoms with Gasteiger partial charge in [0.2, 0.25) is 0 Å². The fourth-order valence-electron chi connectivity index (χ4n) is 2.26. The number of nitrogens with one attached hydrogen (secondary N) is 1. The van der Waals surface area contributed by atoms with E-state index in [4.69, 9.17) is 5.11 Å². The van der Waals surface area contributed by atoms with Gasteiger partial charge in [0.05, 0.1) is 6.54 Å². The molecule has 25 heavy (non-hydrogen) atoms. The predicted octanol–water partition coefficient (Wildman–Crippen LogP) is 4.41. The van der Waals surface area contributed by atoms with Crippen molar-refractivity contribution in [2.45, 2.75) is 46.2 Å². The maximum Gasteiger partial charge on any atom is 0.355 e. The number of rotatable bonds is 6. The molecule has 1 aromatic heterocycles. The lowest BCUT2D eigenvalue weighted by atomic mass is 10.0. The number of aromatic nitrogens is 1. The minimum atomic E-state index is -1.06. The lowest BCUT2D eigenvalue weighted by Crippen LogP contribution is -2.39. The Balaban J connectivity index is 2.07. The zero-order valence-corrected chi connectivity index (χ0v) is 15.6. The number of urea groups is 1. The van der Waals surface area contributed by atoms with Gasteiger partial charge in [0.15, 0.2) is 5.69 Å². The largest absolute Gasteiger partial charge is 0.476 e. The molecule has 0 fully saturated rings. The predicted molar refractivity (Wildman–Crippen MR) is 99.3 cm³/mol. The molecule has 0 aliphatic rings. The summed E-state index contributed by atoms with van der Waals surface area (Å²) in [5.74, 6) is -0.626. The van der Waals surface area contributed by atoms with E-state index in [9.17, 15) is 9.59 Å². The highest BCUT2D eigenvalue weighted by atomic mass is 32.1. The van der Waals surface area contributed by atoms with Gasteiger partial charge in [-0.3, -0.25) is 0 Å². The summed E-state index contributed by atoms with van der Waals surface area (Å²) in [6, 6.07) is 7.49. The number of anilines is 1. The van der Waals surface area contributed by atoms with E-state index >= 15 is 0 Å². The molecule has 0 aliphatic carbocycles. The molecule has 6 nitrogen and oxygen atoms in total. The Morgan fingerprint density at radius 1 is 1.20 bits per heavy atom. The summed E-state index contributed by atoms with van der Waals surface area (Å²) in [6.45, 7) is 8.33. The van der Waals surface area contributed by atoms with Crippen molar-refractivity contribution in [1.29, 1.82) is 0 Å². The molecule has 0 spiro atoms. The molecule has 0 aliphatic heterocycles. The van der Waals surface area contributed by atoms with Gasteiger partial charge in [0, 0.05) is 17.1 Å². The van der Waals surface area contributed by atoms with Crippen LogP contribution in [0.2, 0.25) is 0 Å². The molecule has 0 radical (unpaired) electrons. The van der Waals surface area contributed by atoms with E-state index < -0.39 is 5.97 Å². The second kappa shape index (κ2) is 8.11. The van der Waals surface area contributed by atoms with Crippen molar-refractivity contribution in [3.8, 4) is 0 Å². The van der Waals surface area contributed by atoms with Crippen LogP contribution in [0, 0.1) is 0 Å². The molecule has 2 N–H and O–H groups in total. The van der Waals surface area contributed by atoms with E-state index in [1.54, 1.807) is 4.90 Å². The van der Waals surface area contributed by atoms with Crippen LogP contribution in [0.15, 0.2) is 29.6 Å². The molecule has 2 rings (SSSR count). The van der Waals surface area contributed by atoms with Gasteiger partial charge < -0.3 is 15.3 Å². The molecule has 0 atom stereocenters. The van der Waals surface area contributed by atoms with Gasteiger partial charge in [0.1, 0.15) is 5.01 Å². The minimum absolute atomic E-state index is 0.00777. The van der Waals surface area contributed by atoms with Crippen molar-refractivity contribution in [2.24, 2.45) is 0 Å². The first-order valence-corrected chi connectivity index (χ1v) is 9.01. The van der Waals surface area contributed by atoms with Crippen LogP contribution in [-0.2, 0) is 6.54 Å². The van der Waals surface area contributed by atoms with Gasteiger partial charge in [-0.2, -0.15) is 0 Å². The highest BCUT2D eigenvalue weighted by Crippen LogP contribution is 2.19. The van der Waals surface area contributed by atoms with Gasteiger partial charge >= 0.3 is 12.0 Å². The van der Waals surface area contributed by atoms with Crippen molar-refractivity contribution in [1.82, 2.24) is 9.88 Å². The molecule has 1 heterocycles. The fraction of sp³-hybridized carbons (Fsp3) is 0.389. The first-order chi connectivity index (χ1) is 11.8. The van der Waals surface area contributed by atoms with Crippen LogP contribution in [-0.4, -0.2) is 33.0 Å². The van der Waals surface area contributed by atoms with Crippen molar-refractivity contribution in [2.75, 3.05) is 5.32 Å². The molecule has 1 aromatic carbocycles. The van der Waals surface area contributed by atoms with E-state index in [1.807, 2.05) is 38.1 Å². The summed E-state index contributed by atoms with van der Waals surface area (Å²) in [6.07, 6.45) is 0. The number of carboxylic acids is 1. The quantitative estimate of drug-likeness (QED) is 0.798. The average molecular weight is 361 g/mol. The van der Waals surface area contributed by atoms with Crippen LogP contribution < -0.4 is 5.32 Å². The number of hydrogen-bond acceptors (Lipinski definition) is 4. The van der Waals surface area contributed by atoms with Gasteiger partial charge in [-0.05, 0) is 37.5 Å². The van der Waals surface area contributed by atoms with Gasteiger partial charge in [-0.25, -0.2) is 14.6 Å². The Morgan fingerprint density at radius 2 is 1.84 bits per heavy atom. The van der Waals surface area contributed by atoms with E-state index in [-0.39, 0.29) is 24.3 Å². The summed E-state index contributed by atoms with van der Waals surface area (Å²) >= 11 is 1.24. The maximum absolute atomic E-state index is 12.6. The van der Waals surface area contributed by atoms with Crippen molar-refractivity contribution < 1.29 is 14.7 Å². The highest BCUT2D eigenvalue weighted by Gasteiger charge is 2.20. The van der Waals surface area contributed by atoms with Crippen LogP contribution in [0.4, 0.5) is 10.5 Å². The van der Waals surface area contributed by atoms with Crippen LogP contribution in [0.3, 0.4) is 0 Å². The molecule has 0 unspecified atom stereocenters. The van der Waals surface area contributed by atoms with E-state index in [2.05, 4.69) is 24.1 Å². The van der Waals surface area contributed by atoms with Gasteiger partial charge in [0.25, 0.3) is 0 Å². The molecule has 2 amide bonds. The van der Waals surface area contributed by atoms with Gasteiger partial charge in [-0.1, -0.05) is 26.0 Å². The lowest BCUT2D eigenvalue weighted by molar-refractivity contribution is 0.0691. The standard InChI is InChI=1S/C18H23N3O3S/c1-11(2)13-5-7-14(8-6-13)19-18(24)21(12(3)4)9-16-20-15(10-25-16)17(22)23/h5-8,10-12H,9H2,1-4H3,(H,19,24)(H,22,23). The molecule has 0 bridgehead atoms. The van der Waals surface area contributed by atoms with Crippen molar-refractivity contribution in [3.63, 3.8) is 0 Å². The Bertz CT molecular complexity index is 738. The number of carbonyl (C=O) groups is 2. The van der Waals surface area contributed by atoms with Gasteiger partial charge in [-0.15, -0.1) is 11.3 Å². The Kier molecular flexibility index (Phi) is 6.14. The van der Waals surface area contributed by atoms with Crippen LogP contribution in [0.5, 0.6) is 0 Å². The first kappa shape index (κ1) is 18.9. The number of aromatic carboxylic acids is 1. The third-order valence-corrected chi connectivity index (χ3v) is 4.62. The summed E-state index contributed by atoms with van der Waals surface area (Å²) < 4.78 is 0. The zero-order chi connectivity index (χ0) is 18.6. The number of benzene rings is 1. The van der Waals surface area contributed by atoms with Crippen LogP contribution in [0.1, 0.15) is 54.7 Å². The van der Waals surface area contributed by atoms with E-state index in [0.717, 1.165) is 5.69 Å². The Labute approximate surface area is 151 Å². The molecule has 0 saturated carbocycles. The Morgan fingerprint density at radius 3 is 2.32 bits per heavy atom. The maximum atomic E-state index is 12.6. The van der Waals surface area contributed by atoms with Crippen LogP contribution >= 0.6 is 11.3 Å². The summed E-state index contributed by atoms with van der Waals surface area (Å²) in [4.78, 5) is 29.2. The molecular formula is C18H23N3O3S. The van der Waals surface area contributed by atoms with Crippen LogP contribution in [0.25, 0.3) is 0 Å². The molecular weight excluding hydrogens is 338 g/mol. The highest BCUT2D eigenvalue weighted by molar-refractivity contribution is 7.09. The third-order valence-electron chi connectivity index (χ3n) is 3.79. The average Bonchev–Trinajstić information content (AvgIpc) is 3.01. The normalized spacial score (nSPS) is 11.0. The second-order valence-corrected chi connectivity index (χ2v) is 7.30. The summed E-state index contributed by atoms with van der Waals surface area (Å²) in [5, 5.41) is 13.9. The smallest absolute Gasteiger partial charge is 0.355 e. The summed E-state index contributed by atoms with van der Waals surface area (Å²) in [7, 11) is 0.